The van der Waals surface area contributed by atoms with E-state index in [0.29, 0.717) is 12.4 Å². The van der Waals surface area contributed by atoms with Gasteiger partial charge in [-0.2, -0.15) is 4.98 Å². The zero-order valence-electron chi connectivity index (χ0n) is 14.6. The van der Waals surface area contributed by atoms with E-state index < -0.39 is 0 Å². The van der Waals surface area contributed by atoms with Gasteiger partial charge in [-0.1, -0.05) is 31.1 Å². The van der Waals surface area contributed by atoms with Gasteiger partial charge in [-0.15, -0.1) is 0 Å². The molecule has 1 aromatic carbocycles. The first-order valence-electron chi connectivity index (χ1n) is 8.52. The van der Waals surface area contributed by atoms with E-state index in [1.165, 1.54) is 0 Å². The molecule has 134 valence electrons. The normalized spacial score (nSPS) is 16.4. The van der Waals surface area contributed by atoms with Crippen LogP contribution in [-0.2, 0) is 13.1 Å². The van der Waals surface area contributed by atoms with Gasteiger partial charge in [-0.05, 0) is 5.56 Å². The molecule has 0 saturated carbocycles. The van der Waals surface area contributed by atoms with E-state index in [9.17, 15) is 10.1 Å². The van der Waals surface area contributed by atoms with Crippen molar-refractivity contribution in [1.29, 1.82) is 0 Å². The fourth-order valence-corrected chi connectivity index (χ4v) is 2.84. The standard InChI is InChI=1S/C17H23N5O3/c1-13(2)17-18-16(25-19-17)12-21-9-7-20(8-10-21)11-14-3-5-15(6-4-14)22(23)24/h3-6,13H,7-12H2,1-2H3. The molecule has 1 aromatic heterocycles. The first kappa shape index (κ1) is 17.5. The van der Waals surface area contributed by atoms with Gasteiger partial charge in [0, 0.05) is 50.8 Å². The summed E-state index contributed by atoms with van der Waals surface area (Å²) in [5, 5.41) is 14.7. The van der Waals surface area contributed by atoms with Crippen molar-refractivity contribution in [2.75, 3.05) is 26.2 Å². The van der Waals surface area contributed by atoms with Crippen LogP contribution < -0.4 is 0 Å². The van der Waals surface area contributed by atoms with E-state index in [2.05, 4.69) is 19.9 Å². The third-order valence-electron chi connectivity index (χ3n) is 4.38. The molecule has 2 heterocycles. The molecule has 0 radical (unpaired) electrons. The topological polar surface area (TPSA) is 88.5 Å². The van der Waals surface area contributed by atoms with Crippen molar-refractivity contribution in [2.45, 2.75) is 32.9 Å². The largest absolute Gasteiger partial charge is 0.338 e. The van der Waals surface area contributed by atoms with Crippen LogP contribution in [0.15, 0.2) is 28.8 Å². The van der Waals surface area contributed by atoms with Crippen LogP contribution >= 0.6 is 0 Å². The Kier molecular flexibility index (Phi) is 5.40. The summed E-state index contributed by atoms with van der Waals surface area (Å²) < 4.78 is 5.31. The molecule has 0 amide bonds. The summed E-state index contributed by atoms with van der Waals surface area (Å²) in [6, 6.07) is 6.79. The number of benzene rings is 1. The molecule has 1 saturated heterocycles. The first-order chi connectivity index (χ1) is 12.0. The van der Waals surface area contributed by atoms with Gasteiger partial charge in [0.15, 0.2) is 5.82 Å². The zero-order valence-corrected chi connectivity index (χ0v) is 14.6. The summed E-state index contributed by atoms with van der Waals surface area (Å²) in [6.45, 7) is 9.36. The number of nitrogens with zero attached hydrogens (tertiary/aromatic N) is 5. The van der Waals surface area contributed by atoms with Gasteiger partial charge in [-0.25, -0.2) is 0 Å². The second-order valence-corrected chi connectivity index (χ2v) is 6.68. The molecule has 0 atom stereocenters. The second-order valence-electron chi connectivity index (χ2n) is 6.68. The van der Waals surface area contributed by atoms with Crippen molar-refractivity contribution in [2.24, 2.45) is 0 Å². The highest BCUT2D eigenvalue weighted by Gasteiger charge is 2.20. The van der Waals surface area contributed by atoms with E-state index in [-0.39, 0.29) is 16.5 Å². The van der Waals surface area contributed by atoms with Gasteiger partial charge < -0.3 is 4.52 Å². The molecule has 8 heteroatoms. The third-order valence-corrected chi connectivity index (χ3v) is 4.38. The van der Waals surface area contributed by atoms with Crippen molar-refractivity contribution < 1.29 is 9.45 Å². The van der Waals surface area contributed by atoms with Crippen molar-refractivity contribution in [3.8, 4) is 0 Å². The van der Waals surface area contributed by atoms with Crippen LogP contribution in [0.3, 0.4) is 0 Å². The van der Waals surface area contributed by atoms with Crippen LogP contribution in [0.2, 0.25) is 0 Å². The van der Waals surface area contributed by atoms with Crippen LogP contribution in [0.25, 0.3) is 0 Å². The van der Waals surface area contributed by atoms with Crippen LogP contribution in [0.5, 0.6) is 0 Å². The molecule has 0 N–H and O–H groups in total. The van der Waals surface area contributed by atoms with Crippen LogP contribution in [-0.4, -0.2) is 51.0 Å². The minimum Gasteiger partial charge on any atom is -0.338 e. The van der Waals surface area contributed by atoms with Crippen LogP contribution in [0.4, 0.5) is 5.69 Å². The van der Waals surface area contributed by atoms with Gasteiger partial charge in [-0.3, -0.25) is 19.9 Å². The Balaban J connectivity index is 1.47. The van der Waals surface area contributed by atoms with Crippen LogP contribution in [0.1, 0.15) is 37.0 Å². The smallest absolute Gasteiger partial charge is 0.269 e. The fraction of sp³-hybridized carbons (Fsp3) is 0.529. The van der Waals surface area contributed by atoms with E-state index in [1.54, 1.807) is 12.1 Å². The number of nitro benzene ring substituents is 1. The minimum atomic E-state index is -0.370. The summed E-state index contributed by atoms with van der Waals surface area (Å²) >= 11 is 0. The lowest BCUT2D eigenvalue weighted by molar-refractivity contribution is -0.384. The lowest BCUT2D eigenvalue weighted by atomic mass is 10.2. The Labute approximate surface area is 146 Å². The Bertz CT molecular complexity index is 705. The van der Waals surface area contributed by atoms with Gasteiger partial charge in [0.1, 0.15) is 0 Å². The third kappa shape index (κ3) is 4.61. The number of piperazine rings is 1. The maximum Gasteiger partial charge on any atom is 0.269 e. The molecule has 1 aliphatic heterocycles. The van der Waals surface area contributed by atoms with Gasteiger partial charge >= 0.3 is 0 Å². The molecule has 0 bridgehead atoms. The number of aromatic nitrogens is 2. The average Bonchev–Trinajstić information content (AvgIpc) is 3.06. The van der Waals surface area contributed by atoms with Crippen molar-refractivity contribution in [3.63, 3.8) is 0 Å². The minimum absolute atomic E-state index is 0.133. The lowest BCUT2D eigenvalue weighted by Crippen LogP contribution is -2.45. The zero-order chi connectivity index (χ0) is 17.8. The van der Waals surface area contributed by atoms with Gasteiger partial charge in [0.2, 0.25) is 5.89 Å². The van der Waals surface area contributed by atoms with E-state index in [0.717, 1.165) is 44.1 Å². The Morgan fingerprint density at radius 2 is 1.72 bits per heavy atom. The summed E-state index contributed by atoms with van der Waals surface area (Å²) in [5.41, 5.74) is 1.23. The lowest BCUT2D eigenvalue weighted by Gasteiger charge is -2.33. The predicted molar refractivity (Wildman–Crippen MR) is 92.0 cm³/mol. The molecule has 0 spiro atoms. The van der Waals surface area contributed by atoms with Gasteiger partial charge in [0.05, 0.1) is 11.5 Å². The molecule has 3 rings (SSSR count). The quantitative estimate of drug-likeness (QED) is 0.587. The highest BCUT2D eigenvalue weighted by atomic mass is 16.6. The molecular formula is C17H23N5O3. The predicted octanol–water partition coefficient (Wildman–Crippen LogP) is 2.42. The van der Waals surface area contributed by atoms with Crippen molar-refractivity contribution in [1.82, 2.24) is 19.9 Å². The van der Waals surface area contributed by atoms with Crippen molar-refractivity contribution >= 4 is 5.69 Å². The Morgan fingerprint density at radius 3 is 2.24 bits per heavy atom. The first-order valence-corrected chi connectivity index (χ1v) is 8.52. The van der Waals surface area contributed by atoms with E-state index in [4.69, 9.17) is 4.52 Å². The molecule has 1 fully saturated rings. The number of hydrogen-bond acceptors (Lipinski definition) is 7. The number of nitro groups is 1. The molecule has 8 nitrogen and oxygen atoms in total. The van der Waals surface area contributed by atoms with E-state index >= 15 is 0 Å². The monoisotopic (exact) mass is 345 g/mol. The SMILES string of the molecule is CC(C)c1noc(CN2CCN(Cc3ccc([N+](=O)[O-])cc3)CC2)n1. The van der Waals surface area contributed by atoms with Crippen molar-refractivity contribution in [3.05, 3.63) is 51.7 Å². The fourth-order valence-electron chi connectivity index (χ4n) is 2.84. The Morgan fingerprint density at radius 1 is 1.12 bits per heavy atom. The molecule has 1 aliphatic rings. The molecule has 2 aromatic rings. The maximum atomic E-state index is 10.7. The molecule has 25 heavy (non-hydrogen) atoms. The summed E-state index contributed by atoms with van der Waals surface area (Å²) in [4.78, 5) is 19.4. The highest BCUT2D eigenvalue weighted by Crippen LogP contribution is 2.16. The van der Waals surface area contributed by atoms with Gasteiger partial charge in [0.25, 0.3) is 5.69 Å². The Hall–Kier alpha value is -2.32. The number of non-ortho nitro benzene ring substituents is 1. The number of hydrogen-bond donors (Lipinski definition) is 0. The summed E-state index contributed by atoms with van der Waals surface area (Å²) in [5.74, 6) is 1.70. The average molecular weight is 345 g/mol. The summed E-state index contributed by atoms with van der Waals surface area (Å²) in [7, 11) is 0. The van der Waals surface area contributed by atoms with E-state index in [1.807, 2.05) is 26.0 Å². The maximum absolute atomic E-state index is 10.7. The second kappa shape index (κ2) is 7.71. The van der Waals surface area contributed by atoms with Crippen LogP contribution in [0, 0.1) is 10.1 Å². The molecular weight excluding hydrogens is 322 g/mol. The molecule has 0 unspecified atom stereocenters. The number of rotatable bonds is 6. The highest BCUT2D eigenvalue weighted by molar-refractivity contribution is 5.32. The summed E-state index contributed by atoms with van der Waals surface area (Å²) in [6.07, 6.45) is 0. The molecule has 0 aliphatic carbocycles.